The molecule has 0 saturated heterocycles. The number of aliphatic hydroxyl groups is 1. The summed E-state index contributed by atoms with van der Waals surface area (Å²) in [5, 5.41) is 26.4. The lowest BCUT2D eigenvalue weighted by molar-refractivity contribution is 0.0696. The Kier molecular flexibility index (Phi) is 3.96. The van der Waals surface area contributed by atoms with Gasteiger partial charge in [0.2, 0.25) is 0 Å². The maximum absolute atomic E-state index is 11.3. The Morgan fingerprint density at radius 2 is 2.05 bits per heavy atom. The van der Waals surface area contributed by atoms with E-state index in [9.17, 15) is 15.0 Å². The topological polar surface area (TPSA) is 88.2 Å². The Balaban J connectivity index is 2.71. The summed E-state index contributed by atoms with van der Waals surface area (Å²) in [5.41, 5.74) is 0.570. The fraction of sp³-hybridized carbons (Fsp3) is 0.250. The molecule has 1 heterocycles. The van der Waals surface area contributed by atoms with Crippen LogP contribution in [0.1, 0.15) is 28.9 Å². The van der Waals surface area contributed by atoms with Crippen molar-refractivity contribution in [2.75, 3.05) is 0 Å². The third-order valence-electron chi connectivity index (χ3n) is 2.68. The Morgan fingerprint density at radius 1 is 1.37 bits per heavy atom. The number of carboxylic acid groups (broad SMARTS) is 1. The zero-order chi connectivity index (χ0) is 14.0. The average molecular weight is 326 g/mol. The second-order valence-electron chi connectivity index (χ2n) is 3.85. The normalized spacial score (nSPS) is 10.7. The zero-order valence-electron chi connectivity index (χ0n) is 10.2. The number of benzene rings is 1. The number of halogens is 1. The molecule has 2 aromatic rings. The van der Waals surface area contributed by atoms with Crippen LogP contribution in [0.25, 0.3) is 5.69 Å². The number of carboxylic acids is 1. The second-order valence-corrected chi connectivity index (χ2v) is 4.76. The molecule has 100 valence electrons. The first kappa shape index (κ1) is 13.7. The highest BCUT2D eigenvalue weighted by molar-refractivity contribution is 9.10. The molecule has 1 aromatic carbocycles. The fourth-order valence-corrected chi connectivity index (χ4v) is 2.20. The van der Waals surface area contributed by atoms with Crippen molar-refractivity contribution < 1.29 is 15.0 Å². The van der Waals surface area contributed by atoms with E-state index in [0.29, 0.717) is 28.2 Å². The second kappa shape index (κ2) is 5.50. The van der Waals surface area contributed by atoms with Gasteiger partial charge < -0.3 is 10.2 Å². The maximum Gasteiger partial charge on any atom is 0.337 e. The van der Waals surface area contributed by atoms with Crippen LogP contribution in [-0.4, -0.2) is 30.9 Å². The lowest BCUT2D eigenvalue weighted by Crippen LogP contribution is -2.11. The van der Waals surface area contributed by atoms with Crippen LogP contribution in [-0.2, 0) is 13.0 Å². The molecule has 0 aliphatic carbocycles. The predicted octanol–water partition coefficient (Wildman–Crippen LogP) is 1.78. The summed E-state index contributed by atoms with van der Waals surface area (Å²) in [5.74, 6) is -0.119. The average Bonchev–Trinajstić information content (AvgIpc) is 2.81. The molecule has 0 spiro atoms. The molecule has 19 heavy (non-hydrogen) atoms. The van der Waals surface area contributed by atoms with Crippen LogP contribution in [0.5, 0.6) is 0 Å². The monoisotopic (exact) mass is 325 g/mol. The van der Waals surface area contributed by atoms with E-state index in [1.807, 2.05) is 6.92 Å². The van der Waals surface area contributed by atoms with Gasteiger partial charge in [-0.3, -0.25) is 4.57 Å². The summed E-state index contributed by atoms with van der Waals surface area (Å²) < 4.78 is 2.25. The van der Waals surface area contributed by atoms with Crippen LogP contribution in [0.15, 0.2) is 22.7 Å². The van der Waals surface area contributed by atoms with E-state index in [1.54, 1.807) is 16.7 Å². The molecule has 0 aliphatic rings. The van der Waals surface area contributed by atoms with Gasteiger partial charge in [0.05, 0.1) is 11.3 Å². The number of rotatable bonds is 4. The first-order valence-corrected chi connectivity index (χ1v) is 6.45. The van der Waals surface area contributed by atoms with Crippen molar-refractivity contribution in [3.05, 3.63) is 39.9 Å². The Labute approximate surface area is 117 Å². The largest absolute Gasteiger partial charge is 0.478 e. The lowest BCUT2D eigenvalue weighted by atomic mass is 10.1. The van der Waals surface area contributed by atoms with E-state index in [4.69, 9.17) is 0 Å². The fourth-order valence-electron chi connectivity index (χ4n) is 1.84. The number of nitrogens with zero attached hydrogens (tertiary/aromatic N) is 3. The van der Waals surface area contributed by atoms with Gasteiger partial charge in [0, 0.05) is 10.9 Å². The minimum absolute atomic E-state index is 0.124. The molecule has 0 fully saturated rings. The standard InChI is InChI=1S/C12H12BrN3O3/c1-2-10-14-15-11(6-17)16(10)9-4-3-7(13)5-8(9)12(18)19/h3-5,17H,2,6H2,1H3,(H,18,19). The van der Waals surface area contributed by atoms with Crippen molar-refractivity contribution in [2.45, 2.75) is 20.0 Å². The maximum atomic E-state index is 11.3. The van der Waals surface area contributed by atoms with Gasteiger partial charge >= 0.3 is 5.97 Å². The van der Waals surface area contributed by atoms with Crippen molar-refractivity contribution in [1.29, 1.82) is 0 Å². The Morgan fingerprint density at radius 3 is 2.63 bits per heavy atom. The third kappa shape index (κ3) is 2.52. The Bertz CT molecular complexity index is 603. The van der Waals surface area contributed by atoms with Crippen LogP contribution in [0, 0.1) is 0 Å². The number of carbonyl (C=O) groups is 1. The number of hydrogen-bond donors (Lipinski definition) is 2. The van der Waals surface area contributed by atoms with E-state index >= 15 is 0 Å². The molecular formula is C12H12BrN3O3. The van der Waals surface area contributed by atoms with Gasteiger partial charge in [0.15, 0.2) is 5.82 Å². The van der Waals surface area contributed by atoms with Crippen molar-refractivity contribution in [2.24, 2.45) is 0 Å². The molecule has 0 atom stereocenters. The summed E-state index contributed by atoms with van der Waals surface area (Å²) in [7, 11) is 0. The highest BCUT2D eigenvalue weighted by atomic mass is 79.9. The number of aromatic carboxylic acids is 1. The predicted molar refractivity (Wildman–Crippen MR) is 71.3 cm³/mol. The Hall–Kier alpha value is -1.73. The van der Waals surface area contributed by atoms with Crippen molar-refractivity contribution in [1.82, 2.24) is 14.8 Å². The SMILES string of the molecule is CCc1nnc(CO)n1-c1ccc(Br)cc1C(=O)O. The van der Waals surface area contributed by atoms with E-state index in [1.165, 1.54) is 6.07 Å². The van der Waals surface area contributed by atoms with Gasteiger partial charge in [-0.05, 0) is 18.2 Å². The third-order valence-corrected chi connectivity index (χ3v) is 3.18. The smallest absolute Gasteiger partial charge is 0.337 e. The summed E-state index contributed by atoms with van der Waals surface area (Å²) in [6.07, 6.45) is 0.585. The first-order valence-electron chi connectivity index (χ1n) is 5.65. The minimum atomic E-state index is -1.05. The van der Waals surface area contributed by atoms with E-state index in [2.05, 4.69) is 26.1 Å². The van der Waals surface area contributed by atoms with Gasteiger partial charge in [-0.1, -0.05) is 22.9 Å². The van der Waals surface area contributed by atoms with Crippen LogP contribution < -0.4 is 0 Å². The number of aliphatic hydroxyl groups excluding tert-OH is 1. The van der Waals surface area contributed by atoms with Gasteiger partial charge in [-0.15, -0.1) is 10.2 Å². The summed E-state index contributed by atoms with van der Waals surface area (Å²) in [6, 6.07) is 4.91. The molecule has 0 unspecified atom stereocenters. The molecule has 7 heteroatoms. The molecule has 0 aliphatic heterocycles. The van der Waals surface area contributed by atoms with Crippen LogP contribution in [0.2, 0.25) is 0 Å². The van der Waals surface area contributed by atoms with Crippen LogP contribution in [0.3, 0.4) is 0 Å². The quantitative estimate of drug-likeness (QED) is 0.894. The van der Waals surface area contributed by atoms with Crippen molar-refractivity contribution >= 4 is 21.9 Å². The van der Waals surface area contributed by atoms with E-state index in [-0.39, 0.29) is 12.2 Å². The molecule has 0 saturated carbocycles. The summed E-state index contributed by atoms with van der Waals surface area (Å²) in [6.45, 7) is 1.59. The summed E-state index contributed by atoms with van der Waals surface area (Å²) >= 11 is 3.25. The van der Waals surface area contributed by atoms with Crippen molar-refractivity contribution in [3.63, 3.8) is 0 Å². The molecule has 0 amide bonds. The van der Waals surface area contributed by atoms with Gasteiger partial charge in [0.1, 0.15) is 12.4 Å². The molecule has 1 aromatic heterocycles. The highest BCUT2D eigenvalue weighted by Gasteiger charge is 2.18. The number of hydrogen-bond acceptors (Lipinski definition) is 4. The molecule has 0 radical (unpaired) electrons. The number of aryl methyl sites for hydroxylation is 1. The first-order chi connectivity index (χ1) is 9.08. The van der Waals surface area contributed by atoms with E-state index < -0.39 is 5.97 Å². The zero-order valence-corrected chi connectivity index (χ0v) is 11.8. The highest BCUT2D eigenvalue weighted by Crippen LogP contribution is 2.23. The van der Waals surface area contributed by atoms with Crippen LogP contribution >= 0.6 is 15.9 Å². The van der Waals surface area contributed by atoms with Gasteiger partial charge in [-0.2, -0.15) is 0 Å². The van der Waals surface area contributed by atoms with Gasteiger partial charge in [0.25, 0.3) is 0 Å². The molecule has 2 N–H and O–H groups in total. The molecule has 6 nitrogen and oxygen atoms in total. The van der Waals surface area contributed by atoms with Crippen LogP contribution in [0.4, 0.5) is 0 Å². The molecule has 2 rings (SSSR count). The lowest BCUT2D eigenvalue weighted by Gasteiger charge is -2.11. The molecule has 0 bridgehead atoms. The summed E-state index contributed by atoms with van der Waals surface area (Å²) in [4.78, 5) is 11.3. The van der Waals surface area contributed by atoms with E-state index in [0.717, 1.165) is 0 Å². The van der Waals surface area contributed by atoms with Gasteiger partial charge in [-0.25, -0.2) is 4.79 Å². The molecular weight excluding hydrogens is 314 g/mol. The van der Waals surface area contributed by atoms with Crippen molar-refractivity contribution in [3.8, 4) is 5.69 Å². The minimum Gasteiger partial charge on any atom is -0.478 e. The number of aromatic nitrogens is 3.